The maximum Gasteiger partial charge on any atom is 0.231 e. The minimum Gasteiger partial charge on any atom is -0.497 e. The molecule has 0 spiro atoms. The van der Waals surface area contributed by atoms with Crippen molar-refractivity contribution in [2.75, 3.05) is 43.4 Å². The molecule has 2 saturated heterocycles. The highest BCUT2D eigenvalue weighted by Gasteiger charge is 2.28. The van der Waals surface area contributed by atoms with Gasteiger partial charge in [0.1, 0.15) is 11.4 Å². The molecule has 2 aliphatic heterocycles. The van der Waals surface area contributed by atoms with Crippen molar-refractivity contribution in [3.63, 3.8) is 0 Å². The first-order valence-corrected chi connectivity index (χ1v) is 18.4. The number of anilines is 4. The van der Waals surface area contributed by atoms with E-state index in [9.17, 15) is 8.42 Å². The van der Waals surface area contributed by atoms with Gasteiger partial charge >= 0.3 is 0 Å². The molecule has 1 unspecified atom stereocenters. The number of nitrogens with one attached hydrogen (secondary N) is 1. The smallest absolute Gasteiger partial charge is 0.231 e. The van der Waals surface area contributed by atoms with Gasteiger partial charge < -0.3 is 24.4 Å². The number of hydrogen-bond acceptors (Lipinski definition) is 11. The van der Waals surface area contributed by atoms with E-state index < -0.39 is 32.1 Å². The lowest BCUT2D eigenvalue weighted by Crippen LogP contribution is -2.23. The first-order chi connectivity index (χ1) is 24.1. The highest BCUT2D eigenvalue weighted by atomic mass is 32.2. The zero-order valence-electron chi connectivity index (χ0n) is 28.0. The summed E-state index contributed by atoms with van der Waals surface area (Å²) in [5.41, 5.74) is 1.67. The summed E-state index contributed by atoms with van der Waals surface area (Å²) in [5.74, 6) is -0.648. The number of hydrogen-bond donors (Lipinski definition) is 1. The molecule has 7 rings (SSSR count). The third-order valence-electron chi connectivity index (χ3n) is 9.02. The Kier molecular flexibility index (Phi) is 9.41. The number of aromatic nitrogens is 6. The number of halogens is 2. The summed E-state index contributed by atoms with van der Waals surface area (Å²) in [5, 5.41) is 13.0. The SMILES string of the molecule is COc1ccc(CN(c2cc(C)n(C3CCCCO3)n2)c2nc(Nc3c(F)cc(S(C)(=O)=O)cc3F)nc3c2cnn3C2CCOCC2)cc1. The molecule has 16 heteroatoms. The van der Waals surface area contributed by atoms with Crippen LogP contribution in [0.15, 0.2) is 53.6 Å². The second kappa shape index (κ2) is 13.9. The molecule has 1 atom stereocenters. The Hall–Kier alpha value is -4.67. The van der Waals surface area contributed by atoms with Gasteiger partial charge in [-0.05, 0) is 68.9 Å². The number of rotatable bonds is 10. The summed E-state index contributed by atoms with van der Waals surface area (Å²) >= 11 is 0. The van der Waals surface area contributed by atoms with E-state index in [-0.39, 0.29) is 18.2 Å². The molecule has 0 amide bonds. The molecule has 50 heavy (non-hydrogen) atoms. The average molecular weight is 709 g/mol. The molecule has 3 aromatic heterocycles. The van der Waals surface area contributed by atoms with Gasteiger partial charge in [0.15, 0.2) is 45.0 Å². The van der Waals surface area contributed by atoms with Gasteiger partial charge in [-0.15, -0.1) is 0 Å². The molecule has 2 aromatic carbocycles. The van der Waals surface area contributed by atoms with Crippen LogP contribution in [0.3, 0.4) is 0 Å². The Morgan fingerprint density at radius 1 is 1.00 bits per heavy atom. The van der Waals surface area contributed by atoms with E-state index in [2.05, 4.69) is 5.32 Å². The van der Waals surface area contributed by atoms with Crippen LogP contribution in [0.4, 0.5) is 32.1 Å². The zero-order valence-corrected chi connectivity index (χ0v) is 28.8. The van der Waals surface area contributed by atoms with E-state index in [1.165, 1.54) is 0 Å². The van der Waals surface area contributed by atoms with Crippen molar-refractivity contribution in [2.45, 2.75) is 62.7 Å². The number of methoxy groups -OCH3 is 1. The molecular weight excluding hydrogens is 670 g/mol. The number of fused-ring (bicyclic) bond motifs is 1. The molecule has 13 nitrogen and oxygen atoms in total. The van der Waals surface area contributed by atoms with Crippen LogP contribution in [0.25, 0.3) is 11.0 Å². The summed E-state index contributed by atoms with van der Waals surface area (Å²) in [6.45, 7) is 4.05. The molecule has 0 aliphatic carbocycles. The van der Waals surface area contributed by atoms with E-state index in [4.69, 9.17) is 34.4 Å². The molecule has 2 fully saturated rings. The van der Waals surface area contributed by atoms with Crippen LogP contribution in [0.5, 0.6) is 5.75 Å². The van der Waals surface area contributed by atoms with Gasteiger partial charge in [0, 0.05) is 37.8 Å². The zero-order chi connectivity index (χ0) is 35.0. The van der Waals surface area contributed by atoms with Crippen LogP contribution in [0, 0.1) is 18.6 Å². The van der Waals surface area contributed by atoms with Crippen LogP contribution < -0.4 is 15.0 Å². The van der Waals surface area contributed by atoms with Crippen LogP contribution in [0.1, 0.15) is 55.6 Å². The predicted molar refractivity (Wildman–Crippen MR) is 182 cm³/mol. The van der Waals surface area contributed by atoms with Gasteiger partial charge in [-0.1, -0.05) is 12.1 Å². The van der Waals surface area contributed by atoms with Crippen molar-refractivity contribution in [1.82, 2.24) is 29.5 Å². The van der Waals surface area contributed by atoms with Gasteiger partial charge in [-0.3, -0.25) is 0 Å². The topological polar surface area (TPSA) is 139 Å². The van der Waals surface area contributed by atoms with Crippen LogP contribution in [0.2, 0.25) is 0 Å². The number of ether oxygens (including phenoxy) is 3. The molecule has 264 valence electrons. The van der Waals surface area contributed by atoms with Crippen molar-refractivity contribution >= 4 is 44.1 Å². The minimum absolute atomic E-state index is 0.0284. The van der Waals surface area contributed by atoms with E-state index in [1.807, 2.05) is 46.8 Å². The van der Waals surface area contributed by atoms with Gasteiger partial charge in [0.05, 0.1) is 36.2 Å². The second-order valence-electron chi connectivity index (χ2n) is 12.5. The Labute approximate surface area is 288 Å². The maximum absolute atomic E-state index is 15.3. The normalized spacial score (nSPS) is 17.3. The summed E-state index contributed by atoms with van der Waals surface area (Å²) in [7, 11) is -2.26. The van der Waals surface area contributed by atoms with Gasteiger partial charge in [0.2, 0.25) is 5.95 Å². The van der Waals surface area contributed by atoms with Crippen molar-refractivity contribution in [1.29, 1.82) is 0 Å². The number of aryl methyl sites for hydroxylation is 1. The average Bonchev–Trinajstić information content (AvgIpc) is 3.72. The van der Waals surface area contributed by atoms with Gasteiger partial charge in [-0.2, -0.15) is 20.2 Å². The molecule has 5 aromatic rings. The molecule has 2 aliphatic rings. The van der Waals surface area contributed by atoms with Crippen molar-refractivity contribution in [3.8, 4) is 5.75 Å². The summed E-state index contributed by atoms with van der Waals surface area (Å²) < 4.78 is 75.5. The lowest BCUT2D eigenvalue weighted by molar-refractivity contribution is -0.0405. The second-order valence-corrected chi connectivity index (χ2v) is 14.6. The van der Waals surface area contributed by atoms with Gasteiger partial charge in [-0.25, -0.2) is 26.6 Å². The quantitative estimate of drug-likeness (QED) is 0.179. The predicted octanol–water partition coefficient (Wildman–Crippen LogP) is 6.15. The molecular formula is C34H38F2N8O5S. The lowest BCUT2D eigenvalue weighted by Gasteiger charge is -2.25. The highest BCUT2D eigenvalue weighted by Crippen LogP contribution is 2.37. The molecule has 1 N–H and O–H groups in total. The number of benzene rings is 2. The van der Waals surface area contributed by atoms with Crippen LogP contribution in [-0.4, -0.2) is 71.1 Å². The fourth-order valence-electron chi connectivity index (χ4n) is 6.35. The third-order valence-corrected chi connectivity index (χ3v) is 10.1. The maximum atomic E-state index is 15.3. The summed E-state index contributed by atoms with van der Waals surface area (Å²) in [4.78, 5) is 11.0. The highest BCUT2D eigenvalue weighted by molar-refractivity contribution is 7.90. The van der Waals surface area contributed by atoms with Crippen LogP contribution in [-0.2, 0) is 25.9 Å². The van der Waals surface area contributed by atoms with E-state index in [1.54, 1.807) is 18.0 Å². The number of nitrogens with zero attached hydrogens (tertiary/aromatic N) is 7. The Morgan fingerprint density at radius 2 is 1.74 bits per heavy atom. The Bertz CT molecular complexity index is 2090. The van der Waals surface area contributed by atoms with E-state index in [0.29, 0.717) is 67.6 Å². The largest absolute Gasteiger partial charge is 0.497 e. The third kappa shape index (κ3) is 6.87. The van der Waals surface area contributed by atoms with Crippen molar-refractivity contribution in [3.05, 3.63) is 71.6 Å². The lowest BCUT2D eigenvalue weighted by atomic mass is 10.1. The standard InChI is InChI=1S/C34H38F2N8O5S/c1-21-16-29(41-43(21)30-6-4-5-13-49-30)42(20-22-7-9-24(47-2)10-8-22)32-26-19-37-44(23-11-14-48-15-12-23)33(26)40-34(39-32)38-31-27(35)17-25(18-28(31)36)50(3,45)46/h7-10,16-19,23,30H,4-6,11-15,20H2,1-3H3,(H,38,39,40). The van der Waals surface area contributed by atoms with Crippen molar-refractivity contribution in [2.24, 2.45) is 0 Å². The van der Waals surface area contributed by atoms with Gasteiger partial charge in [0.25, 0.3) is 0 Å². The molecule has 0 saturated carbocycles. The minimum atomic E-state index is -3.86. The number of sulfone groups is 1. The van der Waals surface area contributed by atoms with E-state index in [0.717, 1.165) is 48.9 Å². The fourth-order valence-corrected chi connectivity index (χ4v) is 6.99. The summed E-state index contributed by atoms with van der Waals surface area (Å²) in [6, 6.07) is 11.1. The van der Waals surface area contributed by atoms with E-state index >= 15 is 8.78 Å². The Balaban J connectivity index is 1.39. The Morgan fingerprint density at radius 3 is 2.40 bits per heavy atom. The molecule has 5 heterocycles. The molecule has 0 radical (unpaired) electrons. The first-order valence-electron chi connectivity index (χ1n) is 16.5. The monoisotopic (exact) mass is 708 g/mol. The van der Waals surface area contributed by atoms with Crippen LogP contribution >= 0.6 is 0 Å². The van der Waals surface area contributed by atoms with Crippen molar-refractivity contribution < 1.29 is 31.4 Å². The first kappa shape index (κ1) is 33.8. The molecule has 0 bridgehead atoms. The fraction of sp³-hybridized carbons (Fsp3) is 0.412. The summed E-state index contributed by atoms with van der Waals surface area (Å²) in [6.07, 6.45) is 6.64.